The van der Waals surface area contributed by atoms with Crippen LogP contribution in [0.5, 0.6) is 5.75 Å². The van der Waals surface area contributed by atoms with Gasteiger partial charge in [-0.15, -0.1) is 0 Å². The van der Waals surface area contributed by atoms with E-state index < -0.39 is 0 Å². The maximum Gasteiger partial charge on any atom is 0.258 e. The molecule has 0 spiro atoms. The molecular formula is C23H30N3O5+. The summed E-state index contributed by atoms with van der Waals surface area (Å²) >= 11 is 0. The normalized spacial score (nSPS) is 19.4. The summed E-state index contributed by atoms with van der Waals surface area (Å²) in [7, 11) is 0. The van der Waals surface area contributed by atoms with Crippen molar-refractivity contribution < 1.29 is 23.6 Å². The molecule has 0 aliphatic carbocycles. The molecule has 8 nitrogen and oxygen atoms in total. The lowest BCUT2D eigenvalue weighted by molar-refractivity contribution is -0.915. The van der Waals surface area contributed by atoms with Gasteiger partial charge in [0.1, 0.15) is 12.8 Å². The molecule has 1 amide bonds. The van der Waals surface area contributed by atoms with E-state index in [1.165, 1.54) is 22.9 Å². The average molecular weight is 429 g/mol. The van der Waals surface area contributed by atoms with Gasteiger partial charge >= 0.3 is 0 Å². The van der Waals surface area contributed by atoms with Gasteiger partial charge in [-0.1, -0.05) is 18.2 Å². The number of piperazine rings is 1. The third-order valence-electron chi connectivity index (χ3n) is 5.78. The van der Waals surface area contributed by atoms with E-state index in [0.717, 1.165) is 45.6 Å². The lowest BCUT2D eigenvalue weighted by Crippen LogP contribution is -3.13. The summed E-state index contributed by atoms with van der Waals surface area (Å²) in [6.07, 6.45) is 3.36. The van der Waals surface area contributed by atoms with Crippen molar-refractivity contribution in [3.05, 3.63) is 58.6 Å². The van der Waals surface area contributed by atoms with Crippen molar-refractivity contribution in [2.75, 3.05) is 50.8 Å². The zero-order valence-corrected chi connectivity index (χ0v) is 17.7. The van der Waals surface area contributed by atoms with E-state index in [2.05, 4.69) is 34.5 Å². The van der Waals surface area contributed by atoms with E-state index in [1.807, 2.05) is 6.07 Å². The van der Waals surface area contributed by atoms with Crippen molar-refractivity contribution in [3.63, 3.8) is 0 Å². The molecular weight excluding hydrogens is 398 g/mol. The Morgan fingerprint density at radius 1 is 1.23 bits per heavy atom. The molecule has 1 aromatic heterocycles. The summed E-state index contributed by atoms with van der Waals surface area (Å²) in [6, 6.07) is 11.9. The highest BCUT2D eigenvalue weighted by Crippen LogP contribution is 2.13. The number of hydrogen-bond acceptors (Lipinski definition) is 6. The van der Waals surface area contributed by atoms with Gasteiger partial charge in [0.2, 0.25) is 11.2 Å². The second-order valence-corrected chi connectivity index (χ2v) is 8.05. The minimum absolute atomic E-state index is 0.0555. The summed E-state index contributed by atoms with van der Waals surface area (Å²) in [4.78, 5) is 28.0. The number of rotatable bonds is 8. The molecule has 3 heterocycles. The standard InChI is InChI=1S/C23H29N3O5/c27-21-13-20(15-25-8-10-26(11-9-25)18-5-2-1-3-6-18)30-16-22(21)31-17-23(28)24-14-19-7-4-12-29-19/h1-3,5-6,13,16,19H,4,7-12,14-15,17H2,(H,24,28)/p+1/t19-/m1/s1. The summed E-state index contributed by atoms with van der Waals surface area (Å²) < 4.78 is 16.4. The Bertz CT molecular complexity index is 903. The first-order valence-corrected chi connectivity index (χ1v) is 10.9. The third kappa shape index (κ3) is 6.08. The predicted octanol–water partition coefficient (Wildman–Crippen LogP) is 0.219. The smallest absolute Gasteiger partial charge is 0.258 e. The predicted molar refractivity (Wildman–Crippen MR) is 116 cm³/mol. The van der Waals surface area contributed by atoms with Gasteiger partial charge in [0.15, 0.2) is 12.4 Å². The fourth-order valence-corrected chi connectivity index (χ4v) is 4.01. The van der Waals surface area contributed by atoms with Crippen LogP contribution in [0.3, 0.4) is 0 Å². The van der Waals surface area contributed by atoms with Gasteiger partial charge in [-0.25, -0.2) is 0 Å². The first kappa shape index (κ1) is 21.4. The van der Waals surface area contributed by atoms with E-state index in [1.54, 1.807) is 0 Å². The number of carbonyl (C=O) groups excluding carboxylic acids is 1. The average Bonchev–Trinajstić information content (AvgIpc) is 3.32. The van der Waals surface area contributed by atoms with Gasteiger partial charge < -0.3 is 29.0 Å². The zero-order chi connectivity index (χ0) is 21.5. The van der Waals surface area contributed by atoms with Gasteiger partial charge in [0.05, 0.1) is 32.3 Å². The molecule has 2 aliphatic heterocycles. The number of nitrogens with zero attached hydrogens (tertiary/aromatic N) is 1. The summed E-state index contributed by atoms with van der Waals surface area (Å²) in [5.74, 6) is 0.406. The quantitative estimate of drug-likeness (QED) is 0.626. The number of para-hydroxylation sites is 1. The van der Waals surface area contributed by atoms with Crippen LogP contribution in [0.25, 0.3) is 0 Å². The van der Waals surface area contributed by atoms with Gasteiger partial charge in [-0.05, 0) is 25.0 Å². The van der Waals surface area contributed by atoms with Crippen molar-refractivity contribution in [3.8, 4) is 5.75 Å². The summed E-state index contributed by atoms with van der Waals surface area (Å²) in [6.45, 7) is 5.52. The minimum Gasteiger partial charge on any atom is -0.477 e. The van der Waals surface area contributed by atoms with Crippen LogP contribution >= 0.6 is 0 Å². The number of benzene rings is 1. The van der Waals surface area contributed by atoms with E-state index in [9.17, 15) is 9.59 Å². The van der Waals surface area contributed by atoms with E-state index in [4.69, 9.17) is 13.9 Å². The van der Waals surface area contributed by atoms with Crippen LogP contribution in [0.15, 0.2) is 51.9 Å². The topological polar surface area (TPSA) is 85.5 Å². The van der Waals surface area contributed by atoms with Crippen molar-refractivity contribution in [1.82, 2.24) is 5.32 Å². The molecule has 166 valence electrons. The molecule has 2 aliphatic rings. The summed E-state index contributed by atoms with van der Waals surface area (Å²) in [5, 5.41) is 2.77. The molecule has 2 fully saturated rings. The number of nitrogens with one attached hydrogen (secondary N) is 2. The molecule has 4 rings (SSSR count). The van der Waals surface area contributed by atoms with Crippen molar-refractivity contribution in [2.24, 2.45) is 0 Å². The van der Waals surface area contributed by atoms with Crippen LogP contribution in [0, 0.1) is 0 Å². The molecule has 2 aromatic rings. The molecule has 31 heavy (non-hydrogen) atoms. The molecule has 2 saturated heterocycles. The lowest BCUT2D eigenvalue weighted by atomic mass is 10.2. The van der Waals surface area contributed by atoms with Gasteiger partial charge in [-0.2, -0.15) is 0 Å². The van der Waals surface area contributed by atoms with Gasteiger partial charge in [-0.3, -0.25) is 9.59 Å². The van der Waals surface area contributed by atoms with Crippen LogP contribution in [-0.4, -0.2) is 57.9 Å². The number of hydrogen-bond donors (Lipinski definition) is 2. The first-order valence-electron chi connectivity index (χ1n) is 10.9. The Hall–Kier alpha value is -2.84. The molecule has 2 N–H and O–H groups in total. The molecule has 0 bridgehead atoms. The number of anilines is 1. The second-order valence-electron chi connectivity index (χ2n) is 8.05. The number of quaternary nitrogens is 1. The number of ether oxygens (including phenoxy) is 2. The van der Waals surface area contributed by atoms with Crippen LogP contribution < -0.4 is 25.3 Å². The van der Waals surface area contributed by atoms with E-state index in [0.29, 0.717) is 18.8 Å². The van der Waals surface area contributed by atoms with E-state index in [-0.39, 0.29) is 29.8 Å². The van der Waals surface area contributed by atoms with Crippen LogP contribution in [0.4, 0.5) is 5.69 Å². The van der Waals surface area contributed by atoms with Crippen molar-refractivity contribution in [2.45, 2.75) is 25.5 Å². The largest absolute Gasteiger partial charge is 0.477 e. The first-order chi connectivity index (χ1) is 15.2. The van der Waals surface area contributed by atoms with Crippen LogP contribution in [-0.2, 0) is 16.1 Å². The highest BCUT2D eigenvalue weighted by atomic mass is 16.5. The molecule has 8 heteroatoms. The highest BCUT2D eigenvalue weighted by molar-refractivity contribution is 5.77. The van der Waals surface area contributed by atoms with Crippen molar-refractivity contribution in [1.29, 1.82) is 0 Å². The highest BCUT2D eigenvalue weighted by Gasteiger charge is 2.21. The molecule has 1 atom stereocenters. The Morgan fingerprint density at radius 3 is 2.74 bits per heavy atom. The molecule has 1 aromatic carbocycles. The lowest BCUT2D eigenvalue weighted by Gasteiger charge is -2.33. The number of carbonyl (C=O) groups is 1. The Balaban J connectivity index is 1.21. The van der Waals surface area contributed by atoms with Crippen LogP contribution in [0.2, 0.25) is 0 Å². The van der Waals surface area contributed by atoms with E-state index >= 15 is 0 Å². The molecule has 0 unspecified atom stereocenters. The van der Waals surface area contributed by atoms with Gasteiger partial charge in [0, 0.05) is 24.9 Å². The van der Waals surface area contributed by atoms with Crippen molar-refractivity contribution >= 4 is 11.6 Å². The third-order valence-corrected chi connectivity index (χ3v) is 5.78. The fourth-order valence-electron chi connectivity index (χ4n) is 4.01. The minimum atomic E-state index is -0.278. The SMILES string of the molecule is O=C(COc1coc(C[NH+]2CCN(c3ccccc3)CC2)cc1=O)NC[C@H]1CCCO1. The summed E-state index contributed by atoms with van der Waals surface area (Å²) in [5.41, 5.74) is 0.977. The van der Waals surface area contributed by atoms with Crippen LogP contribution in [0.1, 0.15) is 18.6 Å². The Labute approximate surface area is 181 Å². The number of amides is 1. The monoisotopic (exact) mass is 428 g/mol. The fraction of sp³-hybridized carbons (Fsp3) is 0.478. The maximum absolute atomic E-state index is 12.3. The Morgan fingerprint density at radius 2 is 2.03 bits per heavy atom. The second kappa shape index (κ2) is 10.5. The Kier molecular flexibility index (Phi) is 7.22. The van der Waals surface area contributed by atoms with Gasteiger partial charge in [0.25, 0.3) is 5.91 Å². The maximum atomic E-state index is 12.3. The molecule has 0 saturated carbocycles. The molecule has 0 radical (unpaired) electrons. The zero-order valence-electron chi connectivity index (χ0n) is 17.7.